The van der Waals surface area contributed by atoms with Crippen molar-refractivity contribution in [1.29, 1.82) is 0 Å². The molecule has 2 aromatic carbocycles. The Kier molecular flexibility index (Phi) is 6.35. The van der Waals surface area contributed by atoms with Gasteiger partial charge in [-0.05, 0) is 50.9 Å². The highest BCUT2D eigenvalue weighted by Gasteiger charge is 2.34. The molecule has 2 aromatic rings. The minimum atomic E-state index is -0.573. The molecule has 5 heteroatoms. The minimum Gasteiger partial charge on any atom is -0.444 e. The van der Waals surface area contributed by atoms with Crippen molar-refractivity contribution in [2.45, 2.75) is 51.3 Å². The number of nitrogens with one attached hydrogen (secondary N) is 1. The van der Waals surface area contributed by atoms with Crippen molar-refractivity contribution < 1.29 is 13.9 Å². The van der Waals surface area contributed by atoms with E-state index in [4.69, 9.17) is 4.74 Å². The smallest absolute Gasteiger partial charge is 0.407 e. The standard InChI is InChI=1S/C23H29FN2O2/c1-23(2,3)28-22(27)25-21-16-26(15-17-9-5-4-6-10-17)14-13-19(21)18-11-7-8-12-20(18)24/h4-12,19,21H,13-16H2,1-3H3,(H,25,27)/t19-,21+/m1/s1. The zero-order valence-electron chi connectivity index (χ0n) is 16.8. The lowest BCUT2D eigenvalue weighted by Gasteiger charge is -2.39. The van der Waals surface area contributed by atoms with Crippen LogP contribution < -0.4 is 5.32 Å². The molecule has 1 N–H and O–H groups in total. The lowest BCUT2D eigenvalue weighted by Crippen LogP contribution is -2.52. The van der Waals surface area contributed by atoms with E-state index in [0.29, 0.717) is 12.1 Å². The van der Waals surface area contributed by atoms with Crippen molar-refractivity contribution in [3.63, 3.8) is 0 Å². The molecule has 3 rings (SSSR count). The zero-order valence-corrected chi connectivity index (χ0v) is 16.8. The molecule has 0 spiro atoms. The monoisotopic (exact) mass is 384 g/mol. The maximum atomic E-state index is 14.4. The van der Waals surface area contributed by atoms with Crippen LogP contribution in [0.15, 0.2) is 54.6 Å². The second kappa shape index (κ2) is 8.74. The fraction of sp³-hybridized carbons (Fsp3) is 0.435. The number of carbonyl (C=O) groups is 1. The number of rotatable bonds is 4. The SMILES string of the molecule is CC(C)(C)OC(=O)N[C@H]1CN(Cc2ccccc2)CC[C@@H]1c1ccccc1F. The number of ether oxygens (including phenoxy) is 1. The van der Waals surface area contributed by atoms with Crippen LogP contribution in [0.2, 0.25) is 0 Å². The van der Waals surface area contributed by atoms with Crippen LogP contribution in [0.25, 0.3) is 0 Å². The van der Waals surface area contributed by atoms with E-state index in [-0.39, 0.29) is 17.8 Å². The van der Waals surface area contributed by atoms with Gasteiger partial charge in [0.15, 0.2) is 0 Å². The summed E-state index contributed by atoms with van der Waals surface area (Å²) in [5, 5.41) is 3.00. The number of hydrogen-bond donors (Lipinski definition) is 1. The molecule has 1 amide bonds. The zero-order chi connectivity index (χ0) is 20.1. The fourth-order valence-corrected chi connectivity index (χ4v) is 3.76. The fourth-order valence-electron chi connectivity index (χ4n) is 3.76. The summed E-state index contributed by atoms with van der Waals surface area (Å²) in [5.41, 5.74) is 1.31. The molecule has 4 nitrogen and oxygen atoms in total. The van der Waals surface area contributed by atoms with Gasteiger partial charge >= 0.3 is 6.09 Å². The molecule has 0 unspecified atom stereocenters. The molecular formula is C23H29FN2O2. The van der Waals surface area contributed by atoms with Gasteiger partial charge in [0.25, 0.3) is 0 Å². The van der Waals surface area contributed by atoms with Crippen molar-refractivity contribution in [3.8, 4) is 0 Å². The van der Waals surface area contributed by atoms with Gasteiger partial charge in [-0.2, -0.15) is 0 Å². The van der Waals surface area contributed by atoms with E-state index in [1.54, 1.807) is 6.07 Å². The van der Waals surface area contributed by atoms with Gasteiger partial charge in [-0.25, -0.2) is 9.18 Å². The number of likely N-dealkylation sites (tertiary alicyclic amines) is 1. The van der Waals surface area contributed by atoms with Crippen LogP contribution in [0.3, 0.4) is 0 Å². The highest BCUT2D eigenvalue weighted by molar-refractivity contribution is 5.68. The van der Waals surface area contributed by atoms with E-state index in [9.17, 15) is 9.18 Å². The van der Waals surface area contributed by atoms with Crippen LogP contribution >= 0.6 is 0 Å². The first-order valence-electron chi connectivity index (χ1n) is 9.82. The van der Waals surface area contributed by atoms with Crippen LogP contribution in [0, 0.1) is 5.82 Å². The molecule has 0 aliphatic carbocycles. The molecule has 0 saturated carbocycles. The number of nitrogens with zero attached hydrogens (tertiary/aromatic N) is 1. The Balaban J connectivity index is 1.76. The summed E-state index contributed by atoms with van der Waals surface area (Å²) in [6.07, 6.45) is 0.314. The largest absolute Gasteiger partial charge is 0.444 e. The van der Waals surface area contributed by atoms with Gasteiger partial charge in [-0.1, -0.05) is 48.5 Å². The second-order valence-corrected chi connectivity index (χ2v) is 8.39. The van der Waals surface area contributed by atoms with Crippen molar-refractivity contribution in [1.82, 2.24) is 10.2 Å². The Labute approximate surface area is 166 Å². The molecule has 150 valence electrons. The predicted molar refractivity (Wildman–Crippen MR) is 109 cm³/mol. The van der Waals surface area contributed by atoms with Crippen LogP contribution in [0.5, 0.6) is 0 Å². The van der Waals surface area contributed by atoms with Gasteiger partial charge < -0.3 is 10.1 Å². The Morgan fingerprint density at radius 3 is 2.50 bits per heavy atom. The van der Waals surface area contributed by atoms with E-state index >= 15 is 0 Å². The quantitative estimate of drug-likeness (QED) is 0.830. The summed E-state index contributed by atoms with van der Waals surface area (Å²) in [6.45, 7) is 7.81. The highest BCUT2D eigenvalue weighted by Crippen LogP contribution is 2.31. The van der Waals surface area contributed by atoms with Gasteiger partial charge in [0, 0.05) is 19.0 Å². The van der Waals surface area contributed by atoms with Gasteiger partial charge in [0.05, 0.1) is 6.04 Å². The predicted octanol–water partition coefficient (Wildman–Crippen LogP) is 4.71. The Morgan fingerprint density at radius 2 is 1.82 bits per heavy atom. The van der Waals surface area contributed by atoms with Crippen molar-refractivity contribution in [2.75, 3.05) is 13.1 Å². The van der Waals surface area contributed by atoms with Crippen LogP contribution in [0.1, 0.15) is 44.2 Å². The third-order valence-corrected chi connectivity index (χ3v) is 4.95. The molecule has 1 heterocycles. The number of piperidine rings is 1. The maximum absolute atomic E-state index is 14.4. The second-order valence-electron chi connectivity index (χ2n) is 8.39. The molecule has 0 bridgehead atoms. The number of hydrogen-bond acceptors (Lipinski definition) is 3. The van der Waals surface area contributed by atoms with E-state index in [2.05, 4.69) is 22.3 Å². The molecule has 0 aromatic heterocycles. The number of halogens is 1. The normalized spacial score (nSPS) is 20.6. The number of benzene rings is 2. The van der Waals surface area contributed by atoms with Crippen molar-refractivity contribution in [3.05, 3.63) is 71.5 Å². The van der Waals surface area contributed by atoms with E-state index < -0.39 is 11.7 Å². The molecule has 2 atom stereocenters. The molecule has 28 heavy (non-hydrogen) atoms. The summed E-state index contributed by atoms with van der Waals surface area (Å²) in [6, 6.07) is 16.9. The van der Waals surface area contributed by atoms with Crippen LogP contribution in [-0.4, -0.2) is 35.7 Å². The molecule has 1 aliphatic rings. The van der Waals surface area contributed by atoms with E-state index in [1.165, 1.54) is 11.6 Å². The third-order valence-electron chi connectivity index (χ3n) is 4.95. The lowest BCUT2D eigenvalue weighted by atomic mass is 9.85. The number of amides is 1. The third kappa shape index (κ3) is 5.55. The maximum Gasteiger partial charge on any atom is 0.407 e. The molecule has 0 radical (unpaired) electrons. The Morgan fingerprint density at radius 1 is 1.14 bits per heavy atom. The number of carbonyl (C=O) groups excluding carboxylic acids is 1. The van der Waals surface area contributed by atoms with Crippen LogP contribution in [-0.2, 0) is 11.3 Å². The summed E-state index contributed by atoms with van der Waals surface area (Å²) >= 11 is 0. The van der Waals surface area contributed by atoms with E-state index in [0.717, 1.165) is 19.5 Å². The minimum absolute atomic E-state index is 0.0826. The molecule has 1 aliphatic heterocycles. The van der Waals surface area contributed by atoms with Gasteiger partial charge in [-0.3, -0.25) is 4.90 Å². The topological polar surface area (TPSA) is 41.6 Å². The highest BCUT2D eigenvalue weighted by atomic mass is 19.1. The van der Waals surface area contributed by atoms with Crippen molar-refractivity contribution in [2.24, 2.45) is 0 Å². The lowest BCUT2D eigenvalue weighted by molar-refractivity contribution is 0.0454. The van der Waals surface area contributed by atoms with Gasteiger partial charge in [-0.15, -0.1) is 0 Å². The van der Waals surface area contributed by atoms with Gasteiger partial charge in [0.2, 0.25) is 0 Å². The average Bonchev–Trinajstić information content (AvgIpc) is 2.62. The summed E-state index contributed by atoms with van der Waals surface area (Å²) in [7, 11) is 0. The Bertz CT molecular complexity index is 789. The summed E-state index contributed by atoms with van der Waals surface area (Å²) in [5.74, 6) is -0.305. The summed E-state index contributed by atoms with van der Waals surface area (Å²) < 4.78 is 19.9. The van der Waals surface area contributed by atoms with Crippen LogP contribution in [0.4, 0.5) is 9.18 Å². The average molecular weight is 384 g/mol. The first kappa shape index (κ1) is 20.3. The molecule has 1 saturated heterocycles. The first-order chi connectivity index (χ1) is 13.3. The van der Waals surface area contributed by atoms with E-state index in [1.807, 2.05) is 51.1 Å². The Hall–Kier alpha value is -2.40. The molecule has 1 fully saturated rings. The number of alkyl carbamates (subject to hydrolysis) is 1. The first-order valence-corrected chi connectivity index (χ1v) is 9.82. The summed E-state index contributed by atoms with van der Waals surface area (Å²) in [4.78, 5) is 14.7. The van der Waals surface area contributed by atoms with Crippen molar-refractivity contribution >= 4 is 6.09 Å². The molecular weight excluding hydrogens is 355 g/mol. The van der Waals surface area contributed by atoms with Gasteiger partial charge in [0.1, 0.15) is 11.4 Å².